The van der Waals surface area contributed by atoms with Crippen LogP contribution in [0.1, 0.15) is 47.7 Å². The normalized spacial score (nSPS) is 18.1. The molecule has 0 radical (unpaired) electrons. The van der Waals surface area contributed by atoms with Crippen LogP contribution < -0.4 is 5.32 Å². The van der Waals surface area contributed by atoms with Gasteiger partial charge in [-0.25, -0.2) is 8.42 Å². The molecule has 1 aliphatic heterocycles. The second kappa shape index (κ2) is 8.35. The minimum Gasteiger partial charge on any atom is -0.322 e. The molecule has 5 nitrogen and oxygen atoms in total. The number of hydrogen-bond donors (Lipinski definition) is 1. The zero-order valence-corrected chi connectivity index (χ0v) is 18.7. The van der Waals surface area contributed by atoms with E-state index in [4.69, 9.17) is 0 Å². The lowest BCUT2D eigenvalue weighted by molar-refractivity contribution is 0.102. The first-order valence-corrected chi connectivity index (χ1v) is 11.6. The van der Waals surface area contributed by atoms with Crippen LogP contribution in [0.5, 0.6) is 0 Å². The molecule has 28 heavy (non-hydrogen) atoms. The minimum atomic E-state index is -3.61. The molecule has 0 aliphatic carbocycles. The molecule has 1 aliphatic rings. The quantitative estimate of drug-likeness (QED) is 0.700. The van der Waals surface area contributed by atoms with Crippen molar-refractivity contribution in [3.05, 3.63) is 57.6 Å². The van der Waals surface area contributed by atoms with E-state index in [0.29, 0.717) is 12.1 Å². The highest BCUT2D eigenvalue weighted by Crippen LogP contribution is 2.27. The minimum absolute atomic E-state index is 0.0238. The molecule has 1 N–H and O–H groups in total. The monoisotopic (exact) mass is 464 g/mol. The van der Waals surface area contributed by atoms with E-state index in [1.807, 2.05) is 32.9 Å². The summed E-state index contributed by atoms with van der Waals surface area (Å²) in [4.78, 5) is 13.0. The molecule has 1 fully saturated rings. The Morgan fingerprint density at radius 1 is 1.14 bits per heavy atom. The molecule has 1 amide bonds. The van der Waals surface area contributed by atoms with Crippen LogP contribution in [0.3, 0.4) is 0 Å². The third-order valence-electron chi connectivity index (χ3n) is 5.18. The lowest BCUT2D eigenvalue weighted by Crippen LogP contribution is -2.41. The van der Waals surface area contributed by atoms with Crippen LogP contribution in [-0.2, 0) is 10.0 Å². The summed E-state index contributed by atoms with van der Waals surface area (Å²) >= 11 is 3.45. The van der Waals surface area contributed by atoms with Crippen LogP contribution in [0.2, 0.25) is 0 Å². The predicted octanol–water partition coefficient (Wildman–Crippen LogP) is 4.88. The van der Waals surface area contributed by atoms with Crippen molar-refractivity contribution in [3.63, 3.8) is 0 Å². The van der Waals surface area contributed by atoms with Gasteiger partial charge >= 0.3 is 0 Å². The Morgan fingerprint density at radius 2 is 1.82 bits per heavy atom. The Balaban J connectivity index is 1.88. The highest BCUT2D eigenvalue weighted by molar-refractivity contribution is 9.10. The number of hydrogen-bond acceptors (Lipinski definition) is 3. The van der Waals surface area contributed by atoms with Crippen molar-refractivity contribution in [2.45, 2.75) is 51.0 Å². The van der Waals surface area contributed by atoms with E-state index in [2.05, 4.69) is 21.2 Å². The van der Waals surface area contributed by atoms with E-state index in [9.17, 15) is 13.2 Å². The molecule has 0 saturated carbocycles. The van der Waals surface area contributed by atoms with Crippen molar-refractivity contribution in [3.8, 4) is 0 Å². The maximum Gasteiger partial charge on any atom is 0.255 e. The number of carbonyl (C=O) groups excluding carboxylic acids is 1. The number of nitrogens with one attached hydrogen (secondary N) is 1. The number of rotatable bonds is 4. The van der Waals surface area contributed by atoms with Crippen molar-refractivity contribution >= 4 is 37.5 Å². The highest BCUT2D eigenvalue weighted by atomic mass is 79.9. The Kier molecular flexibility index (Phi) is 6.27. The molecular formula is C21H25BrN2O3S. The van der Waals surface area contributed by atoms with Gasteiger partial charge in [0.25, 0.3) is 5.91 Å². The Bertz CT molecular complexity index is 981. The van der Waals surface area contributed by atoms with Crippen LogP contribution in [0, 0.1) is 13.8 Å². The number of piperidine rings is 1. The molecule has 150 valence electrons. The van der Waals surface area contributed by atoms with Crippen LogP contribution >= 0.6 is 15.9 Å². The molecule has 3 rings (SSSR count). The van der Waals surface area contributed by atoms with Crippen LogP contribution in [0.15, 0.2) is 45.8 Å². The van der Waals surface area contributed by atoms with Crippen molar-refractivity contribution in [2.75, 3.05) is 11.9 Å². The van der Waals surface area contributed by atoms with Gasteiger partial charge in [0, 0.05) is 28.3 Å². The molecular weight excluding hydrogens is 440 g/mol. The third kappa shape index (κ3) is 4.31. The summed E-state index contributed by atoms with van der Waals surface area (Å²) in [6.07, 6.45) is 2.77. The smallest absolute Gasteiger partial charge is 0.255 e. The van der Waals surface area contributed by atoms with Gasteiger partial charge < -0.3 is 5.32 Å². The fourth-order valence-corrected chi connectivity index (χ4v) is 6.09. The van der Waals surface area contributed by atoms with Gasteiger partial charge in [-0.05, 0) is 75.1 Å². The molecule has 0 aromatic heterocycles. The number of anilines is 1. The summed E-state index contributed by atoms with van der Waals surface area (Å²) in [5, 5.41) is 2.92. The first-order valence-electron chi connectivity index (χ1n) is 9.40. The fourth-order valence-electron chi connectivity index (χ4n) is 3.66. The van der Waals surface area contributed by atoms with E-state index in [1.54, 1.807) is 22.5 Å². The standard InChI is InChI=1S/C21H25BrN2O3S/c1-14-11-18(22)12-15(2)20(14)23-21(25)17-8-6-9-19(13-17)28(26,27)24-10-5-4-7-16(24)3/h6,8-9,11-13,16H,4-5,7,10H2,1-3H3,(H,23,25). The summed E-state index contributed by atoms with van der Waals surface area (Å²) in [6, 6.07) is 10.1. The molecule has 0 spiro atoms. The predicted molar refractivity (Wildman–Crippen MR) is 115 cm³/mol. The maximum absolute atomic E-state index is 13.1. The van der Waals surface area contributed by atoms with Crippen molar-refractivity contribution in [2.24, 2.45) is 0 Å². The number of aryl methyl sites for hydroxylation is 2. The number of carbonyl (C=O) groups is 1. The van der Waals surface area contributed by atoms with Crippen LogP contribution in [-0.4, -0.2) is 31.2 Å². The lowest BCUT2D eigenvalue weighted by atomic mass is 10.1. The van der Waals surface area contributed by atoms with Gasteiger partial charge in [0.2, 0.25) is 10.0 Å². The summed E-state index contributed by atoms with van der Waals surface area (Å²) in [5.74, 6) is -0.322. The maximum atomic E-state index is 13.1. The molecule has 7 heteroatoms. The topological polar surface area (TPSA) is 66.5 Å². The van der Waals surface area contributed by atoms with Crippen molar-refractivity contribution in [1.29, 1.82) is 0 Å². The molecule has 2 aromatic carbocycles. The second-order valence-electron chi connectivity index (χ2n) is 7.36. The van der Waals surface area contributed by atoms with Gasteiger partial charge in [-0.15, -0.1) is 0 Å². The van der Waals surface area contributed by atoms with E-state index in [-0.39, 0.29) is 16.8 Å². The highest BCUT2D eigenvalue weighted by Gasteiger charge is 2.31. The summed E-state index contributed by atoms with van der Waals surface area (Å²) < 4.78 is 28.6. The van der Waals surface area contributed by atoms with E-state index >= 15 is 0 Å². The summed E-state index contributed by atoms with van der Waals surface area (Å²) in [5.41, 5.74) is 2.94. The summed E-state index contributed by atoms with van der Waals surface area (Å²) in [6.45, 7) is 6.31. The second-order valence-corrected chi connectivity index (χ2v) is 10.2. The fraction of sp³-hybridized carbons (Fsp3) is 0.381. The number of amides is 1. The molecule has 1 atom stereocenters. The molecule has 1 saturated heterocycles. The van der Waals surface area contributed by atoms with Gasteiger partial charge in [-0.3, -0.25) is 4.79 Å². The SMILES string of the molecule is Cc1cc(Br)cc(C)c1NC(=O)c1cccc(S(=O)(=O)N2CCCCC2C)c1. The van der Waals surface area contributed by atoms with E-state index in [1.165, 1.54) is 6.07 Å². The summed E-state index contributed by atoms with van der Waals surface area (Å²) in [7, 11) is -3.61. The largest absolute Gasteiger partial charge is 0.322 e. The first-order chi connectivity index (χ1) is 13.2. The molecule has 0 bridgehead atoms. The number of benzene rings is 2. The van der Waals surface area contributed by atoms with E-state index < -0.39 is 10.0 Å². The zero-order chi connectivity index (χ0) is 20.5. The van der Waals surface area contributed by atoms with Gasteiger partial charge in [-0.2, -0.15) is 4.31 Å². The first kappa shape index (κ1) is 21.0. The van der Waals surface area contributed by atoms with E-state index in [0.717, 1.165) is 40.5 Å². The lowest BCUT2D eigenvalue weighted by Gasteiger charge is -2.32. The average molecular weight is 465 g/mol. The zero-order valence-electron chi connectivity index (χ0n) is 16.3. The molecule has 1 unspecified atom stereocenters. The van der Waals surface area contributed by atoms with Gasteiger partial charge in [0.05, 0.1) is 4.90 Å². The Morgan fingerprint density at radius 3 is 2.46 bits per heavy atom. The number of nitrogens with zero attached hydrogens (tertiary/aromatic N) is 1. The number of sulfonamides is 1. The van der Waals surface area contributed by atoms with Gasteiger partial charge in [0.1, 0.15) is 0 Å². The molecule has 2 aromatic rings. The van der Waals surface area contributed by atoms with Crippen molar-refractivity contribution < 1.29 is 13.2 Å². The number of halogens is 1. The third-order valence-corrected chi connectivity index (χ3v) is 7.65. The van der Waals surface area contributed by atoms with Crippen LogP contribution in [0.25, 0.3) is 0 Å². The molecule has 1 heterocycles. The van der Waals surface area contributed by atoms with Crippen molar-refractivity contribution in [1.82, 2.24) is 4.31 Å². The van der Waals surface area contributed by atoms with Crippen LogP contribution in [0.4, 0.5) is 5.69 Å². The Labute approximate surface area is 175 Å². The van der Waals surface area contributed by atoms with Gasteiger partial charge in [-0.1, -0.05) is 28.4 Å². The average Bonchev–Trinajstić information content (AvgIpc) is 2.64. The van der Waals surface area contributed by atoms with Gasteiger partial charge in [0.15, 0.2) is 0 Å². The Hall–Kier alpha value is -1.70.